The molecular weight excluding hydrogens is 325 g/mol. The van der Waals surface area contributed by atoms with E-state index in [4.69, 9.17) is 0 Å². The fourth-order valence-corrected chi connectivity index (χ4v) is 3.31. The highest BCUT2D eigenvalue weighted by atomic mass is 79.9. The molecule has 3 rings (SSSR count). The number of hydrogen-bond donors (Lipinski definition) is 1. The van der Waals surface area contributed by atoms with Crippen LogP contribution in [0.4, 0.5) is 4.39 Å². The smallest absolute Gasteiger partial charge is 0.225 e. The molecule has 20 heavy (non-hydrogen) atoms. The zero-order valence-corrected chi connectivity index (χ0v) is 12.3. The van der Waals surface area contributed by atoms with E-state index in [-0.39, 0.29) is 29.8 Å². The van der Waals surface area contributed by atoms with Crippen LogP contribution in [0.5, 0.6) is 0 Å². The second-order valence-corrected chi connectivity index (χ2v) is 6.00. The van der Waals surface area contributed by atoms with Crippen LogP contribution in [0.25, 0.3) is 0 Å². The molecule has 0 bridgehead atoms. The predicted molar refractivity (Wildman–Crippen MR) is 75.5 cm³/mol. The van der Waals surface area contributed by atoms with Gasteiger partial charge in [0, 0.05) is 30.0 Å². The monoisotopic (exact) mass is 337 g/mol. The van der Waals surface area contributed by atoms with E-state index < -0.39 is 0 Å². The molecule has 0 spiro atoms. The first kappa shape index (κ1) is 13.5. The van der Waals surface area contributed by atoms with Gasteiger partial charge in [-0.25, -0.2) is 4.39 Å². The minimum Gasteiger partial charge on any atom is -0.329 e. The van der Waals surface area contributed by atoms with Gasteiger partial charge in [0.2, 0.25) is 5.91 Å². The van der Waals surface area contributed by atoms with Gasteiger partial charge >= 0.3 is 0 Å². The molecule has 5 heteroatoms. The number of allylic oxidation sites excluding steroid dienone is 2. The van der Waals surface area contributed by atoms with Crippen molar-refractivity contribution >= 4 is 27.6 Å². The van der Waals surface area contributed by atoms with Gasteiger partial charge in [0.1, 0.15) is 5.82 Å². The number of nitrogens with one attached hydrogen (secondary N) is 1. The molecule has 1 aromatic carbocycles. The van der Waals surface area contributed by atoms with Crippen molar-refractivity contribution in [1.29, 1.82) is 0 Å². The van der Waals surface area contributed by atoms with E-state index in [1.165, 1.54) is 6.07 Å². The van der Waals surface area contributed by atoms with E-state index in [2.05, 4.69) is 21.2 Å². The van der Waals surface area contributed by atoms with Crippen molar-refractivity contribution in [3.63, 3.8) is 0 Å². The highest BCUT2D eigenvalue weighted by Crippen LogP contribution is 2.38. The average Bonchev–Trinajstić information content (AvgIpc) is 2.41. The van der Waals surface area contributed by atoms with Crippen molar-refractivity contribution in [2.24, 2.45) is 0 Å². The molecule has 1 N–H and O–H groups in total. The molecule has 1 aliphatic heterocycles. The number of carbonyl (C=O) groups is 2. The lowest BCUT2D eigenvalue weighted by molar-refractivity contribution is -0.122. The second-order valence-electron chi connectivity index (χ2n) is 5.15. The quantitative estimate of drug-likeness (QED) is 0.855. The fourth-order valence-electron chi connectivity index (χ4n) is 2.92. The molecule has 1 aliphatic carbocycles. The summed E-state index contributed by atoms with van der Waals surface area (Å²) in [5, 5.41) is 2.81. The second kappa shape index (κ2) is 5.13. The standard InChI is InChI=1S/C15H13BrFNO2/c16-10-6-8(4-5-11(10)17)9-7-14(20)18-12-2-1-3-13(19)15(9)12/h4-6,9H,1-3,7H2,(H,18,20)/t9-/m1/s1. The maximum atomic E-state index is 13.3. The Labute approximate surface area is 124 Å². The summed E-state index contributed by atoms with van der Waals surface area (Å²) >= 11 is 3.15. The summed E-state index contributed by atoms with van der Waals surface area (Å²) in [6.45, 7) is 0. The van der Waals surface area contributed by atoms with E-state index in [1.807, 2.05) is 0 Å². The van der Waals surface area contributed by atoms with Gasteiger partial charge in [0.25, 0.3) is 0 Å². The van der Waals surface area contributed by atoms with Gasteiger partial charge in [0.05, 0.1) is 4.47 Å². The van der Waals surface area contributed by atoms with E-state index in [1.54, 1.807) is 12.1 Å². The Morgan fingerprint density at radius 2 is 2.05 bits per heavy atom. The number of Topliss-reactive ketones (excluding diaryl/α,β-unsaturated/α-hetero) is 1. The molecule has 0 aromatic heterocycles. The zero-order valence-electron chi connectivity index (χ0n) is 10.7. The van der Waals surface area contributed by atoms with Gasteiger partial charge in [-0.15, -0.1) is 0 Å². The lowest BCUT2D eigenvalue weighted by Gasteiger charge is -2.31. The van der Waals surface area contributed by atoms with Crippen molar-refractivity contribution in [2.45, 2.75) is 31.6 Å². The molecule has 2 aliphatic rings. The van der Waals surface area contributed by atoms with Crippen LogP contribution in [-0.2, 0) is 9.59 Å². The van der Waals surface area contributed by atoms with Gasteiger partial charge in [-0.3, -0.25) is 9.59 Å². The largest absolute Gasteiger partial charge is 0.329 e. The molecule has 3 nitrogen and oxygen atoms in total. The zero-order chi connectivity index (χ0) is 14.3. The van der Waals surface area contributed by atoms with Crippen molar-refractivity contribution in [3.05, 3.63) is 45.3 Å². The number of benzene rings is 1. The Bertz CT molecular complexity index is 639. The van der Waals surface area contributed by atoms with Gasteiger partial charge in [0.15, 0.2) is 5.78 Å². The molecule has 1 amide bonds. The first-order chi connectivity index (χ1) is 9.56. The van der Waals surface area contributed by atoms with Crippen molar-refractivity contribution in [1.82, 2.24) is 5.32 Å². The van der Waals surface area contributed by atoms with Crippen molar-refractivity contribution in [2.75, 3.05) is 0 Å². The fraction of sp³-hybridized carbons (Fsp3) is 0.333. The minimum atomic E-state index is -0.349. The Morgan fingerprint density at radius 3 is 2.80 bits per heavy atom. The maximum Gasteiger partial charge on any atom is 0.225 e. The molecule has 0 fully saturated rings. The van der Waals surface area contributed by atoms with Gasteiger partial charge in [-0.05, 0) is 46.5 Å². The number of hydrogen-bond acceptors (Lipinski definition) is 2. The molecule has 0 radical (unpaired) electrons. The molecule has 0 saturated carbocycles. The third kappa shape index (κ3) is 2.30. The van der Waals surface area contributed by atoms with E-state index >= 15 is 0 Å². The van der Waals surface area contributed by atoms with Gasteiger partial charge < -0.3 is 5.32 Å². The number of carbonyl (C=O) groups excluding carboxylic acids is 2. The summed E-state index contributed by atoms with van der Waals surface area (Å²) in [7, 11) is 0. The van der Waals surface area contributed by atoms with Gasteiger partial charge in [-0.1, -0.05) is 6.07 Å². The number of amides is 1. The lowest BCUT2D eigenvalue weighted by Crippen LogP contribution is -2.36. The molecule has 1 heterocycles. The van der Waals surface area contributed by atoms with E-state index in [0.717, 1.165) is 24.1 Å². The number of ketones is 1. The molecule has 1 atom stereocenters. The van der Waals surface area contributed by atoms with Gasteiger partial charge in [-0.2, -0.15) is 0 Å². The first-order valence-corrected chi connectivity index (χ1v) is 7.36. The van der Waals surface area contributed by atoms with Crippen LogP contribution in [0.15, 0.2) is 33.9 Å². The van der Waals surface area contributed by atoms with Crippen molar-refractivity contribution in [3.8, 4) is 0 Å². The first-order valence-electron chi connectivity index (χ1n) is 6.57. The third-order valence-corrected chi connectivity index (χ3v) is 4.44. The van der Waals surface area contributed by atoms with Crippen LogP contribution in [-0.4, -0.2) is 11.7 Å². The van der Waals surface area contributed by atoms with Crippen LogP contribution < -0.4 is 5.32 Å². The SMILES string of the molecule is O=C1C[C@H](c2ccc(F)c(Br)c2)C2=C(CCCC2=O)N1. The summed E-state index contributed by atoms with van der Waals surface area (Å²) in [4.78, 5) is 24.0. The molecule has 1 aromatic rings. The summed E-state index contributed by atoms with van der Waals surface area (Å²) in [6, 6.07) is 4.67. The number of halogens is 2. The Kier molecular flexibility index (Phi) is 3.46. The van der Waals surface area contributed by atoms with Crippen LogP contribution in [0, 0.1) is 5.82 Å². The molecular formula is C15H13BrFNO2. The summed E-state index contributed by atoms with van der Waals surface area (Å²) in [6.07, 6.45) is 2.26. The van der Waals surface area contributed by atoms with E-state index in [9.17, 15) is 14.0 Å². The average molecular weight is 338 g/mol. The highest BCUT2D eigenvalue weighted by molar-refractivity contribution is 9.10. The Morgan fingerprint density at radius 1 is 1.25 bits per heavy atom. The van der Waals surface area contributed by atoms with E-state index in [0.29, 0.717) is 16.5 Å². The summed E-state index contributed by atoms with van der Waals surface area (Å²) < 4.78 is 13.7. The number of rotatable bonds is 1. The summed E-state index contributed by atoms with van der Waals surface area (Å²) in [5.74, 6) is -0.595. The van der Waals surface area contributed by atoms with Crippen LogP contribution in [0.3, 0.4) is 0 Å². The Balaban J connectivity index is 2.08. The highest BCUT2D eigenvalue weighted by Gasteiger charge is 2.34. The van der Waals surface area contributed by atoms with Crippen LogP contribution in [0.2, 0.25) is 0 Å². The summed E-state index contributed by atoms with van der Waals surface area (Å²) in [5.41, 5.74) is 2.26. The third-order valence-electron chi connectivity index (χ3n) is 3.83. The Hall–Kier alpha value is -1.49. The van der Waals surface area contributed by atoms with Crippen LogP contribution >= 0.6 is 15.9 Å². The van der Waals surface area contributed by atoms with Crippen LogP contribution in [0.1, 0.15) is 37.2 Å². The lowest BCUT2D eigenvalue weighted by atomic mass is 9.78. The normalized spacial score (nSPS) is 22.6. The van der Waals surface area contributed by atoms with Crippen molar-refractivity contribution < 1.29 is 14.0 Å². The maximum absolute atomic E-state index is 13.3. The molecule has 0 unspecified atom stereocenters. The molecule has 0 saturated heterocycles. The molecule has 104 valence electrons. The minimum absolute atomic E-state index is 0.0797. The topological polar surface area (TPSA) is 46.2 Å². The predicted octanol–water partition coefficient (Wildman–Crippen LogP) is 3.20.